The maximum absolute atomic E-state index is 13.1. The van der Waals surface area contributed by atoms with E-state index in [1.165, 1.54) is 5.56 Å². The topological polar surface area (TPSA) is 79.9 Å². The van der Waals surface area contributed by atoms with Crippen LogP contribution in [-0.2, 0) is 22.4 Å². The lowest BCUT2D eigenvalue weighted by Gasteiger charge is -2.37. The fourth-order valence-corrected chi connectivity index (χ4v) is 5.63. The summed E-state index contributed by atoms with van der Waals surface area (Å²) >= 11 is 0. The van der Waals surface area contributed by atoms with Crippen LogP contribution in [-0.4, -0.2) is 56.1 Å². The number of carbonyl (C=O) groups is 2. The second-order valence-corrected chi connectivity index (χ2v) is 9.89. The number of anilines is 1. The molecule has 2 N–H and O–H groups in total. The van der Waals surface area contributed by atoms with Crippen LogP contribution in [0.3, 0.4) is 0 Å². The van der Waals surface area contributed by atoms with Gasteiger partial charge in [-0.3, -0.25) is 9.59 Å². The smallest absolute Gasteiger partial charge is 0.228 e. The highest BCUT2D eigenvalue weighted by Gasteiger charge is 2.35. The van der Waals surface area contributed by atoms with Crippen molar-refractivity contribution in [3.8, 4) is 11.5 Å². The Kier molecular flexibility index (Phi) is 7.23. The summed E-state index contributed by atoms with van der Waals surface area (Å²) in [5.41, 5.74) is 3.01. The number of hydrogen-bond acceptors (Lipinski definition) is 5. The number of carbonyl (C=O) groups excluding carboxylic acids is 2. The van der Waals surface area contributed by atoms with E-state index in [-0.39, 0.29) is 23.8 Å². The summed E-state index contributed by atoms with van der Waals surface area (Å²) in [7, 11) is 1.64. The Bertz CT molecular complexity index is 1060. The first kappa shape index (κ1) is 23.7. The van der Waals surface area contributed by atoms with Crippen LogP contribution in [0.1, 0.15) is 36.8 Å². The number of nitrogens with one attached hydrogen (secondary N) is 2. The van der Waals surface area contributed by atoms with Crippen LogP contribution in [0.25, 0.3) is 0 Å². The van der Waals surface area contributed by atoms with Crippen molar-refractivity contribution in [2.24, 2.45) is 11.8 Å². The largest absolute Gasteiger partial charge is 0.496 e. The van der Waals surface area contributed by atoms with Crippen LogP contribution in [0, 0.1) is 11.8 Å². The standard InChI is InChI=1S/C28H35N3O4/c1-34-26-18-23(35-22-8-12-29-13-9-22)7-6-21(26)17-27(32)31-14-10-19(11-15-31)24-16-20-4-2-3-5-25(20)30-28(24)33/h2-7,18-19,22,24,29H,8-17H2,1H3,(H,30,33). The van der Waals surface area contributed by atoms with E-state index in [0.717, 1.165) is 62.2 Å². The van der Waals surface area contributed by atoms with Gasteiger partial charge in [-0.05, 0) is 68.8 Å². The summed E-state index contributed by atoms with van der Waals surface area (Å²) in [5, 5.41) is 6.42. The lowest BCUT2D eigenvalue weighted by atomic mass is 9.78. The highest BCUT2D eigenvalue weighted by Crippen LogP contribution is 2.34. The molecule has 0 spiro atoms. The quantitative estimate of drug-likeness (QED) is 0.667. The molecule has 2 fully saturated rings. The average Bonchev–Trinajstić information content (AvgIpc) is 2.90. The SMILES string of the molecule is COc1cc(OC2CCNCC2)ccc1CC(=O)N1CCC(C2Cc3ccccc3NC2=O)CC1. The van der Waals surface area contributed by atoms with Gasteiger partial charge >= 0.3 is 0 Å². The summed E-state index contributed by atoms with van der Waals surface area (Å²) in [6, 6.07) is 13.8. The van der Waals surface area contributed by atoms with E-state index in [9.17, 15) is 9.59 Å². The molecule has 0 saturated carbocycles. The first-order valence-corrected chi connectivity index (χ1v) is 12.8. The van der Waals surface area contributed by atoms with Crippen molar-refractivity contribution in [3.63, 3.8) is 0 Å². The third-order valence-corrected chi connectivity index (χ3v) is 7.70. The van der Waals surface area contributed by atoms with E-state index in [2.05, 4.69) is 16.7 Å². The van der Waals surface area contributed by atoms with Crippen molar-refractivity contribution in [2.45, 2.75) is 44.6 Å². The summed E-state index contributed by atoms with van der Waals surface area (Å²) in [6.45, 7) is 3.33. The van der Waals surface area contributed by atoms with Gasteiger partial charge in [0.15, 0.2) is 0 Å². The first-order chi connectivity index (χ1) is 17.1. The molecule has 1 atom stereocenters. The summed E-state index contributed by atoms with van der Waals surface area (Å²) < 4.78 is 11.7. The van der Waals surface area contributed by atoms with E-state index in [4.69, 9.17) is 9.47 Å². The number of likely N-dealkylation sites (tertiary alicyclic amines) is 1. The molecule has 7 nitrogen and oxygen atoms in total. The summed E-state index contributed by atoms with van der Waals surface area (Å²) in [6.07, 6.45) is 5.00. The van der Waals surface area contributed by atoms with Crippen molar-refractivity contribution in [1.82, 2.24) is 10.2 Å². The molecule has 2 aromatic rings. The van der Waals surface area contributed by atoms with Gasteiger partial charge in [-0.15, -0.1) is 0 Å². The molecule has 0 aromatic heterocycles. The number of amides is 2. The predicted molar refractivity (Wildman–Crippen MR) is 135 cm³/mol. The first-order valence-electron chi connectivity index (χ1n) is 12.8. The predicted octanol–water partition coefficient (Wildman–Crippen LogP) is 3.42. The zero-order chi connectivity index (χ0) is 24.2. The van der Waals surface area contributed by atoms with Crippen molar-refractivity contribution in [3.05, 3.63) is 53.6 Å². The van der Waals surface area contributed by atoms with Crippen LogP contribution in [0.5, 0.6) is 11.5 Å². The van der Waals surface area contributed by atoms with Crippen LogP contribution in [0.4, 0.5) is 5.69 Å². The number of methoxy groups -OCH3 is 1. The lowest BCUT2D eigenvalue weighted by Crippen LogP contribution is -2.44. The molecule has 186 valence electrons. The Hall–Kier alpha value is -3.06. The number of benzene rings is 2. The fourth-order valence-electron chi connectivity index (χ4n) is 5.63. The number of ether oxygens (including phenoxy) is 2. The van der Waals surface area contributed by atoms with E-state index in [1.54, 1.807) is 7.11 Å². The Morgan fingerprint density at radius 2 is 1.83 bits per heavy atom. The fraction of sp³-hybridized carbons (Fsp3) is 0.500. The normalized spacial score (nSPS) is 21.2. The van der Waals surface area contributed by atoms with Crippen molar-refractivity contribution >= 4 is 17.5 Å². The van der Waals surface area contributed by atoms with Gasteiger partial charge in [-0.1, -0.05) is 24.3 Å². The molecule has 5 rings (SSSR count). The number of nitrogens with zero attached hydrogens (tertiary/aromatic N) is 1. The second kappa shape index (κ2) is 10.7. The zero-order valence-corrected chi connectivity index (χ0v) is 20.4. The third kappa shape index (κ3) is 5.45. The van der Waals surface area contributed by atoms with Crippen LogP contribution in [0.2, 0.25) is 0 Å². The van der Waals surface area contributed by atoms with Crippen molar-refractivity contribution in [1.29, 1.82) is 0 Å². The molecule has 3 aliphatic rings. The van der Waals surface area contributed by atoms with Crippen molar-refractivity contribution in [2.75, 3.05) is 38.6 Å². The van der Waals surface area contributed by atoms with Crippen LogP contribution >= 0.6 is 0 Å². The molecule has 0 bridgehead atoms. The highest BCUT2D eigenvalue weighted by atomic mass is 16.5. The monoisotopic (exact) mass is 477 g/mol. The molecule has 3 aliphatic heterocycles. The summed E-state index contributed by atoms with van der Waals surface area (Å²) in [5.74, 6) is 1.98. The van der Waals surface area contributed by atoms with Gasteiger partial charge < -0.3 is 25.0 Å². The van der Waals surface area contributed by atoms with Gasteiger partial charge in [0.2, 0.25) is 11.8 Å². The molecule has 1 unspecified atom stereocenters. The van der Waals surface area contributed by atoms with E-state index in [1.807, 2.05) is 41.3 Å². The van der Waals surface area contributed by atoms with Gasteiger partial charge in [0, 0.05) is 36.3 Å². The minimum Gasteiger partial charge on any atom is -0.496 e. The van der Waals surface area contributed by atoms with Gasteiger partial charge in [0.1, 0.15) is 17.6 Å². The van der Waals surface area contributed by atoms with E-state index < -0.39 is 0 Å². The van der Waals surface area contributed by atoms with E-state index >= 15 is 0 Å². The Morgan fingerprint density at radius 3 is 2.60 bits per heavy atom. The maximum atomic E-state index is 13.1. The molecule has 0 aliphatic carbocycles. The Balaban J connectivity index is 1.16. The molecule has 3 heterocycles. The minimum atomic E-state index is -0.0188. The number of para-hydroxylation sites is 1. The Morgan fingerprint density at radius 1 is 1.06 bits per heavy atom. The minimum absolute atomic E-state index is 0.0188. The third-order valence-electron chi connectivity index (χ3n) is 7.70. The Labute approximate surface area is 207 Å². The number of rotatable bonds is 6. The molecule has 35 heavy (non-hydrogen) atoms. The average molecular weight is 478 g/mol. The number of fused-ring (bicyclic) bond motifs is 1. The molecule has 7 heteroatoms. The molecule has 2 saturated heterocycles. The van der Waals surface area contributed by atoms with Crippen molar-refractivity contribution < 1.29 is 19.1 Å². The molecule has 2 aromatic carbocycles. The van der Waals surface area contributed by atoms with Gasteiger partial charge in [-0.25, -0.2) is 0 Å². The van der Waals surface area contributed by atoms with Gasteiger partial charge in [0.25, 0.3) is 0 Å². The maximum Gasteiger partial charge on any atom is 0.228 e. The van der Waals surface area contributed by atoms with Crippen LogP contribution in [0.15, 0.2) is 42.5 Å². The summed E-state index contributed by atoms with van der Waals surface area (Å²) in [4.78, 5) is 27.8. The molecular weight excluding hydrogens is 442 g/mol. The van der Waals surface area contributed by atoms with E-state index in [0.29, 0.717) is 31.2 Å². The van der Waals surface area contributed by atoms with Gasteiger partial charge in [0.05, 0.1) is 13.5 Å². The molecular formula is C28H35N3O4. The highest BCUT2D eigenvalue weighted by molar-refractivity contribution is 5.96. The second-order valence-electron chi connectivity index (χ2n) is 9.89. The number of piperidine rings is 2. The molecule has 0 radical (unpaired) electrons. The van der Waals surface area contributed by atoms with Gasteiger partial charge in [-0.2, -0.15) is 0 Å². The number of hydrogen-bond donors (Lipinski definition) is 2. The molecule has 2 amide bonds. The zero-order valence-electron chi connectivity index (χ0n) is 20.4. The van der Waals surface area contributed by atoms with Crippen LogP contribution < -0.4 is 20.1 Å². The lowest BCUT2D eigenvalue weighted by molar-refractivity contribution is -0.132.